The SMILES string of the molecule is COC(=O)CSCc1nc2cc3ccccc3cc2nc1CSCC(=O)OC.N#CC(C#N)c1nc2cc3ccccc3cc2nc1Cl. The third kappa shape index (κ3) is 8.28. The Balaban J connectivity index is 0.000000198. The molecule has 0 bridgehead atoms. The molecule has 0 aliphatic carbocycles. The molecule has 13 heteroatoms. The fourth-order valence-electron chi connectivity index (χ4n) is 4.70. The molecule has 0 aliphatic rings. The van der Waals surface area contributed by atoms with E-state index >= 15 is 0 Å². The number of hydrogen-bond acceptors (Lipinski definition) is 12. The minimum absolute atomic E-state index is 0.0980. The van der Waals surface area contributed by atoms with Crippen molar-refractivity contribution in [2.75, 3.05) is 25.7 Å². The van der Waals surface area contributed by atoms with Crippen LogP contribution < -0.4 is 0 Å². The zero-order valence-electron chi connectivity index (χ0n) is 25.8. The number of esters is 2. The summed E-state index contributed by atoms with van der Waals surface area (Å²) in [7, 11) is 2.75. The second kappa shape index (κ2) is 16.2. The Morgan fingerprint density at radius 1 is 0.688 bits per heavy atom. The third-order valence-corrected chi connectivity index (χ3v) is 9.22. The van der Waals surface area contributed by atoms with Crippen molar-refractivity contribution in [3.8, 4) is 12.1 Å². The van der Waals surface area contributed by atoms with Gasteiger partial charge in [0.25, 0.3) is 0 Å². The Labute approximate surface area is 289 Å². The van der Waals surface area contributed by atoms with Crippen LogP contribution in [0.5, 0.6) is 0 Å². The summed E-state index contributed by atoms with van der Waals surface area (Å²) in [6.07, 6.45) is 0. The highest BCUT2D eigenvalue weighted by Gasteiger charge is 2.18. The molecule has 2 heterocycles. The van der Waals surface area contributed by atoms with Crippen molar-refractivity contribution in [2.45, 2.75) is 17.4 Å². The minimum Gasteiger partial charge on any atom is -0.468 e. The third-order valence-electron chi connectivity index (χ3n) is 7.10. The summed E-state index contributed by atoms with van der Waals surface area (Å²) in [4.78, 5) is 41.0. The standard InChI is InChI=1S/C20H20N2O4S2.C15H7ClN4/c1-25-19(23)11-27-9-17-18(10-28-12-20(24)26-2)22-16-8-14-6-4-3-5-13(14)7-15(16)21-17;16-15-14(11(7-17)8-18)19-12-5-9-3-1-2-4-10(9)6-13(12)20-15/h3-8H,9-12H2,1-2H3;1-6,11H. The van der Waals surface area contributed by atoms with Crippen LogP contribution in [0.1, 0.15) is 23.0 Å². The average Bonchev–Trinajstić information content (AvgIpc) is 3.10. The lowest BCUT2D eigenvalue weighted by molar-refractivity contribution is -0.138. The number of ether oxygens (including phenoxy) is 2. The van der Waals surface area contributed by atoms with Crippen molar-refractivity contribution < 1.29 is 19.1 Å². The fourth-order valence-corrected chi connectivity index (χ4v) is 6.56. The Morgan fingerprint density at radius 3 is 1.44 bits per heavy atom. The van der Waals surface area contributed by atoms with Gasteiger partial charge in [-0.05, 0) is 45.8 Å². The molecule has 0 spiro atoms. The molecule has 0 saturated heterocycles. The zero-order valence-corrected chi connectivity index (χ0v) is 28.2. The molecule has 0 unspecified atom stereocenters. The van der Waals surface area contributed by atoms with Crippen LogP contribution in [0.3, 0.4) is 0 Å². The number of nitrogens with zero attached hydrogens (tertiary/aromatic N) is 6. The number of rotatable bonds is 9. The van der Waals surface area contributed by atoms with Gasteiger partial charge in [-0.25, -0.2) is 19.9 Å². The van der Waals surface area contributed by atoms with Gasteiger partial charge in [0, 0.05) is 11.5 Å². The second-order valence-electron chi connectivity index (χ2n) is 10.2. The predicted octanol–water partition coefficient (Wildman–Crippen LogP) is 7.16. The van der Waals surface area contributed by atoms with Crippen LogP contribution in [0, 0.1) is 22.7 Å². The van der Waals surface area contributed by atoms with Gasteiger partial charge >= 0.3 is 11.9 Å². The number of carbonyl (C=O) groups excluding carboxylic acids is 2. The summed E-state index contributed by atoms with van der Waals surface area (Å²) in [6, 6.07) is 27.4. The van der Waals surface area contributed by atoms with E-state index in [1.165, 1.54) is 37.7 Å². The van der Waals surface area contributed by atoms with Crippen molar-refractivity contribution in [3.63, 3.8) is 0 Å². The first-order chi connectivity index (χ1) is 23.3. The van der Waals surface area contributed by atoms with E-state index < -0.39 is 5.92 Å². The number of aromatic nitrogens is 4. The number of halogens is 1. The Hall–Kier alpha value is -5.01. The number of fused-ring (bicyclic) bond motifs is 4. The van der Waals surface area contributed by atoms with Gasteiger partial charge in [-0.1, -0.05) is 60.1 Å². The lowest BCUT2D eigenvalue weighted by Crippen LogP contribution is -2.07. The quantitative estimate of drug-likeness (QED) is 0.111. The van der Waals surface area contributed by atoms with Gasteiger partial charge in [0.15, 0.2) is 11.1 Å². The number of methoxy groups -OCH3 is 2. The van der Waals surface area contributed by atoms with Crippen molar-refractivity contribution in [3.05, 3.63) is 95.0 Å². The Bertz CT molecular complexity index is 2140. The molecule has 0 radical (unpaired) electrons. The maximum absolute atomic E-state index is 11.4. The van der Waals surface area contributed by atoms with Gasteiger partial charge in [0.05, 0.1) is 71.3 Å². The highest BCUT2D eigenvalue weighted by molar-refractivity contribution is 7.99. The molecule has 0 aliphatic heterocycles. The largest absolute Gasteiger partial charge is 0.468 e. The van der Waals surface area contributed by atoms with Gasteiger partial charge in [-0.15, -0.1) is 23.5 Å². The number of carbonyl (C=O) groups is 2. The monoisotopic (exact) mass is 694 g/mol. The molecule has 0 saturated carbocycles. The maximum Gasteiger partial charge on any atom is 0.315 e. The van der Waals surface area contributed by atoms with Gasteiger partial charge in [-0.2, -0.15) is 10.5 Å². The minimum atomic E-state index is -1.01. The van der Waals surface area contributed by atoms with E-state index in [2.05, 4.69) is 19.4 Å². The van der Waals surface area contributed by atoms with E-state index in [1.807, 2.05) is 84.9 Å². The smallest absolute Gasteiger partial charge is 0.315 e. The van der Waals surface area contributed by atoms with Crippen LogP contribution >= 0.6 is 35.1 Å². The summed E-state index contributed by atoms with van der Waals surface area (Å²) in [5, 5.41) is 22.3. The topological polar surface area (TPSA) is 152 Å². The summed E-state index contributed by atoms with van der Waals surface area (Å²) in [6.45, 7) is 0. The summed E-state index contributed by atoms with van der Waals surface area (Å²) < 4.78 is 9.38. The lowest BCUT2D eigenvalue weighted by Gasteiger charge is -2.10. The van der Waals surface area contributed by atoms with Crippen molar-refractivity contribution in [1.82, 2.24) is 19.9 Å². The van der Waals surface area contributed by atoms with Crippen LogP contribution in [0.25, 0.3) is 43.6 Å². The molecule has 0 atom stereocenters. The molecule has 48 heavy (non-hydrogen) atoms. The van der Waals surface area contributed by atoms with Crippen LogP contribution in [-0.4, -0.2) is 57.6 Å². The van der Waals surface area contributed by atoms with E-state index in [0.717, 1.165) is 44.0 Å². The summed E-state index contributed by atoms with van der Waals surface area (Å²) >= 11 is 8.89. The first kappa shape index (κ1) is 34.3. The average molecular weight is 695 g/mol. The lowest BCUT2D eigenvalue weighted by atomic mass is 10.1. The van der Waals surface area contributed by atoms with Crippen LogP contribution in [0.4, 0.5) is 0 Å². The molecular formula is C35H27ClN6O4S2. The number of hydrogen-bond donors (Lipinski definition) is 0. The maximum atomic E-state index is 11.4. The van der Waals surface area contributed by atoms with Gasteiger partial charge < -0.3 is 9.47 Å². The Morgan fingerprint density at radius 2 is 1.06 bits per heavy atom. The highest BCUT2D eigenvalue weighted by Crippen LogP contribution is 2.27. The molecule has 240 valence electrons. The zero-order chi connectivity index (χ0) is 34.0. The molecule has 6 aromatic rings. The molecule has 0 amide bonds. The molecule has 6 rings (SSSR count). The first-order valence-electron chi connectivity index (χ1n) is 14.5. The van der Waals surface area contributed by atoms with E-state index in [4.69, 9.17) is 32.1 Å². The van der Waals surface area contributed by atoms with E-state index in [0.29, 0.717) is 22.5 Å². The van der Waals surface area contributed by atoms with E-state index in [1.54, 1.807) is 0 Å². The van der Waals surface area contributed by atoms with Gasteiger partial charge in [0.2, 0.25) is 0 Å². The number of nitriles is 2. The second-order valence-corrected chi connectivity index (χ2v) is 12.6. The van der Waals surface area contributed by atoms with Crippen molar-refractivity contribution in [1.29, 1.82) is 10.5 Å². The van der Waals surface area contributed by atoms with Gasteiger partial charge in [-0.3, -0.25) is 9.59 Å². The normalized spacial score (nSPS) is 10.8. The first-order valence-corrected chi connectivity index (χ1v) is 17.1. The molecule has 4 aromatic carbocycles. The van der Waals surface area contributed by atoms with Crippen molar-refractivity contribution in [2.24, 2.45) is 0 Å². The highest BCUT2D eigenvalue weighted by atomic mass is 35.5. The Kier molecular flexibility index (Phi) is 11.6. The molecule has 0 N–H and O–H groups in total. The van der Waals surface area contributed by atoms with E-state index in [-0.39, 0.29) is 34.3 Å². The number of benzene rings is 4. The molecule has 10 nitrogen and oxygen atoms in total. The predicted molar refractivity (Wildman–Crippen MR) is 189 cm³/mol. The van der Waals surface area contributed by atoms with Crippen molar-refractivity contribution >= 4 is 90.7 Å². The number of thioether (sulfide) groups is 2. The summed E-state index contributed by atoms with van der Waals surface area (Å²) in [5.74, 6) is 0.0344. The molecule has 0 fully saturated rings. The van der Waals surface area contributed by atoms with Crippen LogP contribution in [0.15, 0.2) is 72.8 Å². The van der Waals surface area contributed by atoms with Crippen LogP contribution in [-0.2, 0) is 30.6 Å². The molecule has 2 aromatic heterocycles. The fraction of sp³-hybridized carbons (Fsp3) is 0.200. The van der Waals surface area contributed by atoms with E-state index in [9.17, 15) is 9.59 Å². The van der Waals surface area contributed by atoms with Crippen LogP contribution in [0.2, 0.25) is 5.15 Å². The van der Waals surface area contributed by atoms with Gasteiger partial charge in [0.1, 0.15) is 5.69 Å². The summed E-state index contributed by atoms with van der Waals surface area (Å²) in [5.41, 5.74) is 4.73. The molecular weight excluding hydrogens is 668 g/mol.